The van der Waals surface area contributed by atoms with Crippen molar-refractivity contribution >= 4 is 16.8 Å². The molecule has 2 N–H and O–H groups in total. The lowest BCUT2D eigenvalue weighted by Gasteiger charge is -2.02. The molecule has 1 aromatic heterocycles. The van der Waals surface area contributed by atoms with E-state index < -0.39 is 5.91 Å². The Balaban J connectivity index is 2.77. The van der Waals surface area contributed by atoms with Gasteiger partial charge < -0.3 is 5.73 Å². The zero-order valence-electron chi connectivity index (χ0n) is 7.74. The normalized spacial score (nSPS) is 10.4. The second-order valence-electron chi connectivity index (χ2n) is 3.08. The van der Waals surface area contributed by atoms with Gasteiger partial charge in [0.15, 0.2) is 0 Å². The monoisotopic (exact) mass is 185 g/mol. The van der Waals surface area contributed by atoms with E-state index in [0.717, 1.165) is 10.9 Å². The molecule has 0 saturated heterocycles. The highest BCUT2D eigenvalue weighted by atomic mass is 16.1. The number of nitrogens with two attached hydrogens (primary N) is 1. The number of rotatable bonds is 1. The minimum absolute atomic E-state index is 0.365. The van der Waals surface area contributed by atoms with Crippen molar-refractivity contribution in [1.29, 1.82) is 0 Å². The minimum atomic E-state index is -0.485. The first kappa shape index (κ1) is 8.69. The van der Waals surface area contributed by atoms with Crippen molar-refractivity contribution in [1.82, 2.24) is 4.98 Å². The Morgan fingerprint density at radius 1 is 1.43 bits per heavy atom. The van der Waals surface area contributed by atoms with E-state index in [1.807, 2.05) is 24.3 Å². The number of para-hydroxylation sites is 1. The van der Waals surface area contributed by atoms with Crippen molar-refractivity contribution in [2.75, 3.05) is 0 Å². The molecule has 0 bridgehead atoms. The van der Waals surface area contributed by atoms with Gasteiger partial charge in [-0.05, 0) is 13.0 Å². The fourth-order valence-electron chi connectivity index (χ4n) is 1.38. The van der Waals surface area contributed by atoms with Crippen molar-refractivity contribution in [3.05, 3.63) is 41.6 Å². The smallest absolute Gasteiger partial charge is 0.251 e. The quantitative estimate of drug-likeness (QED) is 0.730. The number of pyridine rings is 1. The second-order valence-corrected chi connectivity index (χ2v) is 3.08. The number of fused-ring (bicyclic) bond motifs is 1. The molecule has 1 amide bonds. The van der Waals surface area contributed by atoms with E-state index >= 15 is 0 Å². The maximum Gasteiger partial charge on any atom is 0.251 e. The Morgan fingerprint density at radius 2 is 2.14 bits per heavy atom. The maximum atomic E-state index is 11.0. The predicted molar refractivity (Wildman–Crippen MR) is 53.8 cm³/mol. The summed E-state index contributed by atoms with van der Waals surface area (Å²) in [6.45, 7) is 1.75. The number of amides is 1. The summed E-state index contributed by atoms with van der Waals surface area (Å²) in [6, 6.07) is 10.5. The molecule has 3 nitrogen and oxygen atoms in total. The van der Waals surface area contributed by atoms with E-state index in [2.05, 4.69) is 11.1 Å². The van der Waals surface area contributed by atoms with Gasteiger partial charge in [0.25, 0.3) is 5.91 Å². The molecule has 0 aliphatic heterocycles. The molecule has 0 unspecified atom stereocenters. The number of carbonyl (C=O) groups is 1. The molecule has 1 radical (unpaired) electrons. The van der Waals surface area contributed by atoms with Crippen molar-refractivity contribution < 1.29 is 4.79 Å². The third-order valence-electron chi connectivity index (χ3n) is 2.06. The van der Waals surface area contributed by atoms with Gasteiger partial charge >= 0.3 is 0 Å². The van der Waals surface area contributed by atoms with Gasteiger partial charge in [-0.1, -0.05) is 18.2 Å². The van der Waals surface area contributed by atoms with E-state index in [0.29, 0.717) is 11.3 Å². The fourth-order valence-corrected chi connectivity index (χ4v) is 1.38. The lowest BCUT2D eigenvalue weighted by molar-refractivity contribution is 0.0999. The van der Waals surface area contributed by atoms with Gasteiger partial charge in [-0.25, -0.2) is 0 Å². The average Bonchev–Trinajstić information content (AvgIpc) is 2.16. The molecule has 3 heteroatoms. The lowest BCUT2D eigenvalue weighted by atomic mass is 10.1. The van der Waals surface area contributed by atoms with E-state index in [9.17, 15) is 4.79 Å². The highest BCUT2D eigenvalue weighted by Gasteiger charge is 2.07. The minimum Gasteiger partial charge on any atom is -0.366 e. The van der Waals surface area contributed by atoms with Crippen LogP contribution in [0.1, 0.15) is 16.1 Å². The van der Waals surface area contributed by atoms with Crippen LogP contribution in [0.25, 0.3) is 10.9 Å². The molecule has 0 aliphatic rings. The molecule has 0 atom stereocenters. The van der Waals surface area contributed by atoms with Crippen molar-refractivity contribution in [3.8, 4) is 0 Å². The van der Waals surface area contributed by atoms with Crippen LogP contribution in [0.15, 0.2) is 24.3 Å². The summed E-state index contributed by atoms with van der Waals surface area (Å²) < 4.78 is 0. The first-order valence-electron chi connectivity index (χ1n) is 4.27. The van der Waals surface area contributed by atoms with Crippen LogP contribution in [-0.2, 0) is 0 Å². The first-order chi connectivity index (χ1) is 6.68. The summed E-state index contributed by atoms with van der Waals surface area (Å²) in [7, 11) is 0. The van der Waals surface area contributed by atoms with E-state index in [4.69, 9.17) is 5.73 Å². The molecule has 2 aromatic rings. The van der Waals surface area contributed by atoms with Gasteiger partial charge in [-0.15, -0.1) is 0 Å². The number of aryl methyl sites for hydroxylation is 1. The Bertz CT molecular complexity index is 506. The molecule has 1 aromatic carbocycles. The molecule has 14 heavy (non-hydrogen) atoms. The Morgan fingerprint density at radius 3 is 2.86 bits per heavy atom. The van der Waals surface area contributed by atoms with Gasteiger partial charge in [0, 0.05) is 11.5 Å². The molecule has 0 fully saturated rings. The number of benzene rings is 1. The molecular formula is C11H9N2O. The molecule has 0 saturated carbocycles. The summed E-state index contributed by atoms with van der Waals surface area (Å²) in [6.07, 6.45) is 0. The molecule has 2 rings (SSSR count). The maximum absolute atomic E-state index is 11.0. The standard InChI is InChI=1S/C11H9N2O/c1-7-9(11(12)14)6-8-4-2-3-5-10(8)13-7/h2-5H,1H3,(H2,12,14). The van der Waals surface area contributed by atoms with Crippen LogP contribution in [0, 0.1) is 13.0 Å². The summed E-state index contributed by atoms with van der Waals surface area (Å²) in [4.78, 5) is 15.3. The van der Waals surface area contributed by atoms with Gasteiger partial charge in [0.05, 0.1) is 16.8 Å². The number of carbonyl (C=O) groups excluding carboxylic acids is 1. The highest BCUT2D eigenvalue weighted by molar-refractivity contribution is 5.96. The summed E-state index contributed by atoms with van der Waals surface area (Å²) in [5.74, 6) is -0.485. The van der Waals surface area contributed by atoms with Crippen LogP contribution in [0.2, 0.25) is 0 Å². The largest absolute Gasteiger partial charge is 0.366 e. The zero-order valence-corrected chi connectivity index (χ0v) is 7.74. The van der Waals surface area contributed by atoms with Gasteiger partial charge in [0.2, 0.25) is 0 Å². The van der Waals surface area contributed by atoms with Crippen LogP contribution < -0.4 is 5.73 Å². The van der Waals surface area contributed by atoms with Crippen LogP contribution in [0.5, 0.6) is 0 Å². The topological polar surface area (TPSA) is 56.0 Å². The van der Waals surface area contributed by atoms with Crippen LogP contribution in [0.3, 0.4) is 0 Å². The summed E-state index contributed by atoms with van der Waals surface area (Å²) in [5, 5.41) is 0.812. The predicted octanol–water partition coefficient (Wildman–Crippen LogP) is 1.44. The summed E-state index contributed by atoms with van der Waals surface area (Å²) >= 11 is 0. The van der Waals surface area contributed by atoms with Crippen molar-refractivity contribution in [2.45, 2.75) is 6.92 Å². The van der Waals surface area contributed by atoms with Crippen LogP contribution in [-0.4, -0.2) is 10.9 Å². The Labute approximate surface area is 81.6 Å². The third kappa shape index (κ3) is 1.33. The SMILES string of the molecule is Cc1nc2ccccc2[c]c1C(N)=O. The third-order valence-corrected chi connectivity index (χ3v) is 2.06. The number of nitrogens with zero attached hydrogens (tertiary/aromatic N) is 1. The Hall–Kier alpha value is -1.90. The van der Waals surface area contributed by atoms with Crippen LogP contribution >= 0.6 is 0 Å². The number of hydrogen-bond donors (Lipinski definition) is 1. The summed E-state index contributed by atoms with van der Waals surface area (Å²) in [5.41, 5.74) is 7.01. The average molecular weight is 185 g/mol. The number of hydrogen-bond acceptors (Lipinski definition) is 2. The molecule has 1 heterocycles. The number of aromatic nitrogens is 1. The van der Waals surface area contributed by atoms with Crippen LogP contribution in [0.4, 0.5) is 0 Å². The first-order valence-corrected chi connectivity index (χ1v) is 4.27. The van der Waals surface area contributed by atoms with Gasteiger partial charge in [-0.3, -0.25) is 9.78 Å². The molecule has 69 valence electrons. The van der Waals surface area contributed by atoms with Crippen molar-refractivity contribution in [3.63, 3.8) is 0 Å². The molecule has 0 spiro atoms. The van der Waals surface area contributed by atoms with E-state index in [-0.39, 0.29) is 0 Å². The second kappa shape index (κ2) is 3.10. The van der Waals surface area contributed by atoms with Crippen molar-refractivity contribution in [2.24, 2.45) is 5.73 Å². The van der Waals surface area contributed by atoms with E-state index in [1.54, 1.807) is 6.92 Å². The number of primary amides is 1. The lowest BCUT2D eigenvalue weighted by Crippen LogP contribution is -2.13. The fraction of sp³-hybridized carbons (Fsp3) is 0.0909. The zero-order chi connectivity index (χ0) is 10.1. The molecule has 0 aliphatic carbocycles. The Kier molecular flexibility index (Phi) is 1.93. The molecular weight excluding hydrogens is 176 g/mol. The van der Waals surface area contributed by atoms with Gasteiger partial charge in [-0.2, -0.15) is 0 Å². The van der Waals surface area contributed by atoms with E-state index in [1.165, 1.54) is 0 Å². The highest BCUT2D eigenvalue weighted by Crippen LogP contribution is 2.14. The van der Waals surface area contributed by atoms with Gasteiger partial charge in [0.1, 0.15) is 0 Å².